The highest BCUT2D eigenvalue weighted by molar-refractivity contribution is 6.23. The summed E-state index contributed by atoms with van der Waals surface area (Å²) in [7, 11) is 3.33. The van der Waals surface area contributed by atoms with Crippen molar-refractivity contribution in [3.05, 3.63) is 58.0 Å². The summed E-state index contributed by atoms with van der Waals surface area (Å²) in [5.41, 5.74) is -0.917. The van der Waals surface area contributed by atoms with Gasteiger partial charge in [0, 0.05) is 74.2 Å². The van der Waals surface area contributed by atoms with Crippen LogP contribution in [-0.2, 0) is 23.8 Å². The second kappa shape index (κ2) is 18.1. The third-order valence-electron chi connectivity index (χ3n) is 12.0. The number of hydrogen-bond donors (Lipinski definition) is 6. The van der Waals surface area contributed by atoms with Crippen LogP contribution < -0.4 is 10.1 Å². The van der Waals surface area contributed by atoms with Crippen molar-refractivity contribution in [2.24, 2.45) is 23.7 Å². The number of anilines is 1. The van der Waals surface area contributed by atoms with Crippen LogP contribution in [0.2, 0.25) is 0 Å². The first-order valence-electron chi connectivity index (χ1n) is 20.0. The van der Waals surface area contributed by atoms with Crippen molar-refractivity contribution < 1.29 is 63.7 Å². The summed E-state index contributed by atoms with van der Waals surface area (Å²) in [5, 5.41) is 75.4. The molecule has 4 aliphatic rings. The molecule has 0 aromatic heterocycles. The molecule has 2 aromatic rings. The van der Waals surface area contributed by atoms with Gasteiger partial charge < -0.3 is 59.9 Å². The Bertz CT molecular complexity index is 2120. The fourth-order valence-corrected chi connectivity index (χ4v) is 8.06. The van der Waals surface area contributed by atoms with Gasteiger partial charge in [0.05, 0.1) is 48.6 Å². The van der Waals surface area contributed by atoms with E-state index in [1.807, 2.05) is 11.9 Å². The summed E-state index contributed by atoms with van der Waals surface area (Å²) in [4.78, 5) is 43.1. The number of methoxy groups -OCH3 is 1. The summed E-state index contributed by atoms with van der Waals surface area (Å²) in [6.07, 6.45) is 4.29. The Morgan fingerprint density at radius 2 is 1.62 bits per heavy atom. The largest absolute Gasteiger partial charge is 0.596 e. The molecule has 17 nitrogen and oxygen atoms in total. The zero-order valence-corrected chi connectivity index (χ0v) is 35.8. The van der Waals surface area contributed by atoms with Crippen LogP contribution in [0.4, 0.5) is 5.69 Å². The van der Waals surface area contributed by atoms with E-state index in [1.54, 1.807) is 39.8 Å². The number of hydrazone groups is 1. The number of phenols is 3. The Labute approximate surface area is 349 Å². The summed E-state index contributed by atoms with van der Waals surface area (Å²) in [5.74, 6) is -9.04. The number of piperazine rings is 1. The average molecular weight is 839 g/mol. The molecule has 6 N–H and O–H groups in total. The standard InChI is InChI=1S/C43H58N4O13/c1-21-12-11-13-22(2)42(55)44-33-28(20-47(56)46-17-15-45(9)16-18-46)37(52)30-31(38(33)53)36(51)26(6)40-32(30)41(54)43(8,60-40)58-19-14-29(57-10)23(3)39(59-27(7)48)25(5)35(50)24(4)34(21)49/h11-14,19-21,23-25,29,34-35,39,49-53H,15-18H2,1-10H3,(H,44,55)/b12-11+,19-14+,22-13-,47-20-/t21-,23+,24+,25+,29-,34-,35+,39+,43-/m0/s1. The molecule has 0 saturated carbocycles. The quantitative estimate of drug-likeness (QED) is 0.0488. The van der Waals surface area contributed by atoms with Crippen molar-refractivity contribution >= 4 is 40.3 Å². The number of carbonyl (C=O) groups excluding carboxylic acids is 3. The van der Waals surface area contributed by atoms with Gasteiger partial charge in [0.1, 0.15) is 34.6 Å². The number of hydrazine groups is 1. The molecule has 1 amide bonds. The first-order valence-corrected chi connectivity index (χ1v) is 20.0. The first kappa shape index (κ1) is 45.7. The van der Waals surface area contributed by atoms with E-state index in [-0.39, 0.29) is 38.8 Å². The van der Waals surface area contributed by atoms with Gasteiger partial charge in [-0.25, -0.2) is 0 Å². The molecular weight excluding hydrogens is 780 g/mol. The molecule has 5 bridgehead atoms. The lowest BCUT2D eigenvalue weighted by Gasteiger charge is -2.38. The second-order valence-corrected chi connectivity index (χ2v) is 16.3. The van der Waals surface area contributed by atoms with E-state index in [1.165, 1.54) is 58.2 Å². The van der Waals surface area contributed by atoms with Crippen LogP contribution in [0, 0.1) is 35.8 Å². The predicted molar refractivity (Wildman–Crippen MR) is 222 cm³/mol. The van der Waals surface area contributed by atoms with Crippen LogP contribution in [0.25, 0.3) is 10.8 Å². The molecule has 2 aromatic carbocycles. The second-order valence-electron chi connectivity index (χ2n) is 16.3. The lowest BCUT2D eigenvalue weighted by molar-refractivity contribution is -0.636. The monoisotopic (exact) mass is 838 g/mol. The summed E-state index contributed by atoms with van der Waals surface area (Å²) >= 11 is 0. The minimum Gasteiger partial charge on any atom is -0.596 e. The smallest absolute Gasteiger partial charge is 0.312 e. The number of allylic oxidation sites excluding steroid dienone is 2. The summed E-state index contributed by atoms with van der Waals surface area (Å²) < 4.78 is 23.5. The zero-order valence-electron chi connectivity index (χ0n) is 35.8. The number of aromatic hydroxyl groups is 3. The topological polar surface area (TPSA) is 234 Å². The average Bonchev–Trinajstić information content (AvgIpc) is 3.47. The minimum absolute atomic E-state index is 0.00572. The third-order valence-corrected chi connectivity index (χ3v) is 12.0. The van der Waals surface area contributed by atoms with Crippen molar-refractivity contribution in [3.63, 3.8) is 0 Å². The Hall–Kier alpha value is -5.36. The number of nitrogens with zero attached hydrogens (tertiary/aromatic N) is 3. The van der Waals surface area contributed by atoms with E-state index < -0.39 is 94.5 Å². The number of Topliss-reactive ketones (excluding diaryl/α,β-unsaturated/α-hetero) is 1. The molecular formula is C43H58N4O13. The number of aliphatic hydroxyl groups is 2. The van der Waals surface area contributed by atoms with Crippen molar-refractivity contribution in [1.82, 2.24) is 9.91 Å². The van der Waals surface area contributed by atoms with Crippen LogP contribution in [0.1, 0.15) is 70.0 Å². The number of phenolic OH excluding ortho intramolecular Hbond substituents is 3. The van der Waals surface area contributed by atoms with Crippen LogP contribution in [-0.4, -0.2) is 135 Å². The molecule has 0 unspecified atom stereocenters. The molecule has 0 spiro atoms. The highest BCUT2D eigenvalue weighted by atomic mass is 16.7. The highest BCUT2D eigenvalue weighted by Crippen LogP contribution is 2.55. The number of aliphatic hydroxyl groups excluding tert-OH is 2. The van der Waals surface area contributed by atoms with Gasteiger partial charge in [0.15, 0.2) is 5.75 Å². The number of ether oxygens (including phenoxy) is 4. The van der Waals surface area contributed by atoms with E-state index in [0.717, 1.165) is 6.21 Å². The lowest BCUT2D eigenvalue weighted by atomic mass is 9.78. The van der Waals surface area contributed by atoms with E-state index >= 15 is 0 Å². The fourth-order valence-electron chi connectivity index (χ4n) is 8.06. The van der Waals surface area contributed by atoms with Gasteiger partial charge in [-0.2, -0.15) is 5.01 Å². The maximum Gasteiger partial charge on any atom is 0.312 e. The first-order chi connectivity index (χ1) is 28.1. The number of rotatable bonds is 4. The van der Waals surface area contributed by atoms with Gasteiger partial charge in [-0.1, -0.05) is 50.8 Å². The zero-order chi connectivity index (χ0) is 44.5. The maximum atomic E-state index is 14.4. The van der Waals surface area contributed by atoms with Gasteiger partial charge in [-0.3, -0.25) is 14.4 Å². The van der Waals surface area contributed by atoms with Crippen LogP contribution >= 0.6 is 0 Å². The maximum absolute atomic E-state index is 14.4. The van der Waals surface area contributed by atoms with Gasteiger partial charge in [-0.15, -0.1) is 0 Å². The van der Waals surface area contributed by atoms with E-state index in [2.05, 4.69) is 5.32 Å². The number of fused-ring (bicyclic) bond motifs is 14. The Balaban J connectivity index is 1.73. The van der Waals surface area contributed by atoms with E-state index in [0.29, 0.717) is 31.0 Å². The number of carbonyl (C=O) groups is 3. The van der Waals surface area contributed by atoms with Crippen LogP contribution in [0.5, 0.6) is 23.0 Å². The molecule has 6 rings (SSSR count). The number of esters is 1. The molecule has 1 fully saturated rings. The molecule has 9 atom stereocenters. The SMILES string of the molecule is CO[C@H]1/C=C/O[C@@]2(C)Oc3c(C)c(O)c4c(O)c(c(/C=[N+](\[O-])N5CCN(C)CC5)c(O)c4c3C2=O)NC(=O)/C(C)=C\C=C\[C@H](C)[C@H](O)[C@@H](C)[C@@H](O)[C@@H](C)[C@H](OC(C)=O)[C@@H]1C. The Kier molecular flexibility index (Phi) is 13.8. The number of nitrogens with one attached hydrogen (secondary N) is 1. The van der Waals surface area contributed by atoms with Crippen LogP contribution in [0.3, 0.4) is 0 Å². The fraction of sp³-hybridized carbons (Fsp3) is 0.535. The normalized spacial score (nSPS) is 31.9. The number of hydrogen-bond acceptors (Lipinski definition) is 15. The van der Waals surface area contributed by atoms with Gasteiger partial charge in [0.25, 0.3) is 11.7 Å². The van der Waals surface area contributed by atoms with Gasteiger partial charge in [-0.05, 0) is 27.0 Å². The number of benzene rings is 2. The molecule has 17 heteroatoms. The third kappa shape index (κ3) is 8.75. The molecule has 1 saturated heterocycles. The molecule has 4 heterocycles. The number of ketones is 1. The van der Waals surface area contributed by atoms with Crippen molar-refractivity contribution in [2.75, 3.05) is 45.7 Å². The Morgan fingerprint density at radius 3 is 2.23 bits per heavy atom. The summed E-state index contributed by atoms with van der Waals surface area (Å²) in [6.45, 7) is 14.1. The molecule has 60 heavy (non-hydrogen) atoms. The predicted octanol–water partition coefficient (Wildman–Crippen LogP) is 3.85. The van der Waals surface area contributed by atoms with E-state index in [9.17, 15) is 45.1 Å². The Morgan fingerprint density at radius 1 is 0.967 bits per heavy atom. The lowest BCUT2D eigenvalue weighted by Crippen LogP contribution is -2.47. The van der Waals surface area contributed by atoms with Gasteiger partial charge >= 0.3 is 11.8 Å². The molecule has 0 aliphatic carbocycles. The molecule has 0 radical (unpaired) electrons. The number of amides is 1. The molecule has 328 valence electrons. The number of likely N-dealkylation sites (N-methyl/N-ethyl adjacent to an activating group) is 1. The van der Waals surface area contributed by atoms with Crippen LogP contribution in [0.15, 0.2) is 36.1 Å². The van der Waals surface area contributed by atoms with Crippen molar-refractivity contribution in [1.29, 1.82) is 0 Å². The minimum atomic E-state index is -2.10. The van der Waals surface area contributed by atoms with E-state index in [4.69, 9.17) is 18.9 Å². The van der Waals surface area contributed by atoms with Crippen molar-refractivity contribution in [2.45, 2.75) is 85.6 Å². The summed E-state index contributed by atoms with van der Waals surface area (Å²) in [6, 6.07) is 0. The molecule has 4 aliphatic heterocycles. The van der Waals surface area contributed by atoms with Crippen molar-refractivity contribution in [3.8, 4) is 23.0 Å². The van der Waals surface area contributed by atoms with Gasteiger partial charge in [0.2, 0.25) is 6.21 Å². The highest BCUT2D eigenvalue weighted by Gasteiger charge is 2.50.